The van der Waals surface area contributed by atoms with Crippen LogP contribution in [0.5, 0.6) is 0 Å². The summed E-state index contributed by atoms with van der Waals surface area (Å²) in [5.41, 5.74) is 3.43. The Morgan fingerprint density at radius 2 is 2.00 bits per heavy atom. The topological polar surface area (TPSA) is 50.2 Å². The van der Waals surface area contributed by atoms with Crippen LogP contribution in [0.1, 0.15) is 24.1 Å². The lowest BCUT2D eigenvalue weighted by Crippen LogP contribution is -2.21. The van der Waals surface area contributed by atoms with Gasteiger partial charge in [0.2, 0.25) is 0 Å². The number of hydrogen-bond acceptors (Lipinski definition) is 2. The highest BCUT2D eigenvalue weighted by Crippen LogP contribution is 2.26. The van der Waals surface area contributed by atoms with Crippen LogP contribution in [-0.2, 0) is 12.8 Å². The molecule has 21 heavy (non-hydrogen) atoms. The first kappa shape index (κ1) is 12.3. The molecular weight excluding hydrogens is 269 g/mol. The van der Waals surface area contributed by atoms with Crippen LogP contribution in [-0.4, -0.2) is 14.4 Å². The number of halogens is 1. The van der Waals surface area contributed by atoms with Crippen LogP contribution in [0.2, 0.25) is 0 Å². The maximum absolute atomic E-state index is 13.9. The molecule has 0 radical (unpaired) electrons. The van der Waals surface area contributed by atoms with Gasteiger partial charge in [-0.1, -0.05) is 12.1 Å². The van der Waals surface area contributed by atoms with Crippen molar-refractivity contribution in [3.05, 3.63) is 58.0 Å². The molecule has 1 aromatic carbocycles. The van der Waals surface area contributed by atoms with E-state index in [2.05, 4.69) is 9.97 Å². The van der Waals surface area contributed by atoms with Gasteiger partial charge in [0.05, 0.1) is 5.69 Å². The Morgan fingerprint density at radius 3 is 2.86 bits per heavy atom. The van der Waals surface area contributed by atoms with E-state index in [1.165, 1.54) is 10.5 Å². The molecule has 0 fully saturated rings. The molecule has 0 saturated heterocycles. The number of aryl methyl sites for hydroxylation is 2. The van der Waals surface area contributed by atoms with Crippen LogP contribution in [0.15, 0.2) is 35.3 Å². The minimum absolute atomic E-state index is 0.208. The third-order valence-electron chi connectivity index (χ3n) is 4.07. The summed E-state index contributed by atoms with van der Waals surface area (Å²) in [7, 11) is 0. The van der Waals surface area contributed by atoms with E-state index in [4.69, 9.17) is 0 Å². The maximum atomic E-state index is 13.9. The fourth-order valence-corrected chi connectivity index (χ4v) is 3.03. The second-order valence-corrected chi connectivity index (χ2v) is 5.39. The van der Waals surface area contributed by atoms with Crippen molar-refractivity contribution in [3.8, 4) is 11.3 Å². The summed E-state index contributed by atoms with van der Waals surface area (Å²) in [5.74, 6) is -0.328. The zero-order valence-corrected chi connectivity index (χ0v) is 11.4. The smallest absolute Gasteiger partial charge is 0.311 e. The Balaban J connectivity index is 2.00. The van der Waals surface area contributed by atoms with E-state index in [0.29, 0.717) is 16.9 Å². The third-order valence-corrected chi connectivity index (χ3v) is 4.07. The fourth-order valence-electron chi connectivity index (χ4n) is 3.03. The van der Waals surface area contributed by atoms with E-state index < -0.39 is 0 Å². The summed E-state index contributed by atoms with van der Waals surface area (Å²) < 4.78 is 15.4. The zero-order chi connectivity index (χ0) is 14.4. The van der Waals surface area contributed by atoms with Gasteiger partial charge < -0.3 is 4.98 Å². The number of aromatic amines is 1. The SMILES string of the molecule is O=c1[nH]c2c(c3nc(-c4ccccc4F)cn13)CCCC2. The lowest BCUT2D eigenvalue weighted by atomic mass is 9.97. The quantitative estimate of drug-likeness (QED) is 0.746. The van der Waals surface area contributed by atoms with Crippen molar-refractivity contribution in [2.24, 2.45) is 0 Å². The first-order valence-electron chi connectivity index (χ1n) is 7.12. The van der Waals surface area contributed by atoms with Gasteiger partial charge in [-0.25, -0.2) is 14.2 Å². The molecule has 106 valence electrons. The molecule has 4 nitrogen and oxygen atoms in total. The normalized spacial score (nSPS) is 14.3. The molecule has 0 saturated carbocycles. The van der Waals surface area contributed by atoms with Gasteiger partial charge in [-0.2, -0.15) is 0 Å². The standard InChI is InChI=1S/C16H14FN3O/c17-12-7-3-1-5-10(12)14-9-20-15(18-14)11-6-2-4-8-13(11)19-16(20)21/h1,3,5,7,9H,2,4,6,8H2,(H,19,21). The molecule has 1 aliphatic rings. The van der Waals surface area contributed by atoms with Gasteiger partial charge in [0, 0.05) is 23.0 Å². The molecule has 0 amide bonds. The molecule has 3 aromatic rings. The molecule has 0 atom stereocenters. The molecule has 0 unspecified atom stereocenters. The number of imidazole rings is 1. The number of aromatic nitrogens is 3. The van der Waals surface area contributed by atoms with Gasteiger partial charge in [-0.3, -0.25) is 4.40 Å². The van der Waals surface area contributed by atoms with Crippen LogP contribution in [0, 0.1) is 5.82 Å². The molecule has 0 aliphatic heterocycles. The highest BCUT2D eigenvalue weighted by molar-refractivity contribution is 5.65. The number of fused-ring (bicyclic) bond motifs is 3. The number of nitrogens with one attached hydrogen (secondary N) is 1. The summed E-state index contributed by atoms with van der Waals surface area (Å²) in [6.07, 6.45) is 5.57. The Hall–Kier alpha value is -2.43. The average molecular weight is 283 g/mol. The lowest BCUT2D eigenvalue weighted by Gasteiger charge is -2.15. The highest BCUT2D eigenvalue weighted by Gasteiger charge is 2.18. The first-order valence-corrected chi connectivity index (χ1v) is 7.12. The van der Waals surface area contributed by atoms with E-state index in [0.717, 1.165) is 36.9 Å². The highest BCUT2D eigenvalue weighted by atomic mass is 19.1. The lowest BCUT2D eigenvalue weighted by molar-refractivity contribution is 0.631. The molecule has 5 heteroatoms. The number of hydrogen-bond donors (Lipinski definition) is 1. The predicted molar refractivity (Wildman–Crippen MR) is 77.8 cm³/mol. The van der Waals surface area contributed by atoms with Crippen molar-refractivity contribution in [1.82, 2.24) is 14.4 Å². The largest absolute Gasteiger partial charge is 0.331 e. The summed E-state index contributed by atoms with van der Waals surface area (Å²) in [6.45, 7) is 0. The Bertz CT molecular complexity index is 894. The molecular formula is C16H14FN3O. The number of benzene rings is 1. The van der Waals surface area contributed by atoms with Crippen molar-refractivity contribution in [1.29, 1.82) is 0 Å². The van der Waals surface area contributed by atoms with Crippen LogP contribution < -0.4 is 5.69 Å². The summed E-state index contributed by atoms with van der Waals surface area (Å²) in [6, 6.07) is 6.49. The monoisotopic (exact) mass is 283 g/mol. The first-order chi connectivity index (χ1) is 10.2. The van der Waals surface area contributed by atoms with Gasteiger partial charge in [-0.15, -0.1) is 0 Å². The zero-order valence-electron chi connectivity index (χ0n) is 11.4. The van der Waals surface area contributed by atoms with Crippen LogP contribution in [0.3, 0.4) is 0 Å². The maximum Gasteiger partial charge on any atom is 0.331 e. The molecule has 4 rings (SSSR count). The van der Waals surface area contributed by atoms with Crippen LogP contribution in [0.25, 0.3) is 16.9 Å². The van der Waals surface area contributed by atoms with Crippen molar-refractivity contribution in [2.75, 3.05) is 0 Å². The minimum Gasteiger partial charge on any atom is -0.311 e. The van der Waals surface area contributed by atoms with Crippen LogP contribution >= 0.6 is 0 Å². The Kier molecular flexibility index (Phi) is 2.67. The third kappa shape index (κ3) is 1.88. The molecule has 2 heterocycles. The van der Waals surface area contributed by atoms with E-state index in [1.54, 1.807) is 24.4 Å². The van der Waals surface area contributed by atoms with Gasteiger partial charge in [0.1, 0.15) is 11.5 Å². The molecule has 1 aliphatic carbocycles. The summed E-state index contributed by atoms with van der Waals surface area (Å²) in [5, 5.41) is 0. The van der Waals surface area contributed by atoms with Crippen molar-refractivity contribution >= 4 is 5.65 Å². The van der Waals surface area contributed by atoms with E-state index in [9.17, 15) is 9.18 Å². The van der Waals surface area contributed by atoms with E-state index >= 15 is 0 Å². The van der Waals surface area contributed by atoms with Crippen molar-refractivity contribution in [3.63, 3.8) is 0 Å². The number of rotatable bonds is 1. The van der Waals surface area contributed by atoms with E-state index in [-0.39, 0.29) is 11.5 Å². The summed E-state index contributed by atoms with van der Waals surface area (Å²) in [4.78, 5) is 19.6. The van der Waals surface area contributed by atoms with Crippen molar-refractivity contribution < 1.29 is 4.39 Å². The van der Waals surface area contributed by atoms with Gasteiger partial charge in [0.25, 0.3) is 0 Å². The average Bonchev–Trinajstić information content (AvgIpc) is 2.94. The number of nitrogens with zero attached hydrogens (tertiary/aromatic N) is 2. The molecule has 2 aromatic heterocycles. The Labute approximate surface area is 120 Å². The summed E-state index contributed by atoms with van der Waals surface area (Å²) >= 11 is 0. The predicted octanol–water partition coefficient (Wildman–Crippen LogP) is 2.71. The number of H-pyrrole nitrogens is 1. The minimum atomic E-state index is -0.328. The molecule has 0 bridgehead atoms. The van der Waals surface area contributed by atoms with Gasteiger partial charge in [-0.05, 0) is 37.8 Å². The van der Waals surface area contributed by atoms with Crippen LogP contribution in [0.4, 0.5) is 4.39 Å². The van der Waals surface area contributed by atoms with E-state index in [1.807, 2.05) is 0 Å². The fraction of sp³-hybridized carbons (Fsp3) is 0.250. The van der Waals surface area contributed by atoms with Crippen molar-refractivity contribution in [2.45, 2.75) is 25.7 Å². The van der Waals surface area contributed by atoms with Gasteiger partial charge >= 0.3 is 5.69 Å². The molecule has 0 spiro atoms. The second kappa shape index (κ2) is 4.55. The Morgan fingerprint density at radius 1 is 1.19 bits per heavy atom. The van der Waals surface area contributed by atoms with Gasteiger partial charge in [0.15, 0.2) is 0 Å². The second-order valence-electron chi connectivity index (χ2n) is 5.39. The molecule has 1 N–H and O–H groups in total.